The van der Waals surface area contributed by atoms with Crippen molar-refractivity contribution in [1.82, 2.24) is 4.31 Å². The number of hydrogen-bond donors (Lipinski definition) is 1. The lowest BCUT2D eigenvalue weighted by Gasteiger charge is -2.31. The fraction of sp³-hybridized carbons (Fsp3) is 0.381. The molecule has 0 saturated carbocycles. The Morgan fingerprint density at radius 3 is 2.62 bits per heavy atom. The highest BCUT2D eigenvalue weighted by atomic mass is 35.5. The SMILES string of the molecule is COc1ccc(S(=O)(=O)N2CCC[C@H](C(=O)Nc3cc(Cl)ccc3C)C2)cc1C. The number of anilines is 1. The van der Waals surface area contributed by atoms with Crippen LogP contribution in [0.3, 0.4) is 0 Å². The smallest absolute Gasteiger partial charge is 0.243 e. The van der Waals surface area contributed by atoms with E-state index in [9.17, 15) is 13.2 Å². The Morgan fingerprint density at radius 2 is 1.93 bits per heavy atom. The maximum absolute atomic E-state index is 13.1. The van der Waals surface area contributed by atoms with Gasteiger partial charge in [0.25, 0.3) is 0 Å². The summed E-state index contributed by atoms with van der Waals surface area (Å²) in [5.74, 6) is 0.0224. The van der Waals surface area contributed by atoms with Gasteiger partial charge in [0.1, 0.15) is 5.75 Å². The Balaban J connectivity index is 1.76. The number of rotatable bonds is 5. The predicted octanol–water partition coefficient (Wildman–Crippen LogP) is 4.00. The topological polar surface area (TPSA) is 75.7 Å². The van der Waals surface area contributed by atoms with Gasteiger partial charge in [-0.3, -0.25) is 4.79 Å². The number of piperidine rings is 1. The van der Waals surface area contributed by atoms with Gasteiger partial charge in [0.2, 0.25) is 15.9 Å². The zero-order valence-electron chi connectivity index (χ0n) is 16.7. The van der Waals surface area contributed by atoms with Gasteiger partial charge in [0.15, 0.2) is 0 Å². The van der Waals surface area contributed by atoms with Crippen molar-refractivity contribution >= 4 is 33.2 Å². The number of hydrogen-bond acceptors (Lipinski definition) is 4. The molecule has 2 aromatic carbocycles. The molecule has 6 nitrogen and oxygen atoms in total. The Hall–Kier alpha value is -2.09. The molecule has 0 aliphatic carbocycles. The molecule has 1 saturated heterocycles. The van der Waals surface area contributed by atoms with E-state index in [2.05, 4.69) is 5.32 Å². The van der Waals surface area contributed by atoms with E-state index in [-0.39, 0.29) is 17.3 Å². The summed E-state index contributed by atoms with van der Waals surface area (Å²) in [7, 11) is -2.14. The van der Waals surface area contributed by atoms with Gasteiger partial charge >= 0.3 is 0 Å². The van der Waals surface area contributed by atoms with E-state index in [0.717, 1.165) is 11.1 Å². The van der Waals surface area contributed by atoms with Crippen LogP contribution >= 0.6 is 11.6 Å². The molecule has 0 spiro atoms. The molecule has 0 radical (unpaired) electrons. The second kappa shape index (κ2) is 8.73. The second-order valence-corrected chi connectivity index (χ2v) is 9.66. The number of carbonyl (C=O) groups is 1. The molecule has 1 atom stereocenters. The first kappa shape index (κ1) is 21.6. The molecule has 156 valence electrons. The number of carbonyl (C=O) groups excluding carboxylic acids is 1. The minimum absolute atomic E-state index is 0.152. The maximum atomic E-state index is 13.1. The Morgan fingerprint density at radius 1 is 1.17 bits per heavy atom. The van der Waals surface area contributed by atoms with Gasteiger partial charge in [-0.1, -0.05) is 17.7 Å². The zero-order chi connectivity index (χ0) is 21.2. The van der Waals surface area contributed by atoms with Gasteiger partial charge in [-0.2, -0.15) is 4.31 Å². The molecule has 0 unspecified atom stereocenters. The summed E-state index contributed by atoms with van der Waals surface area (Å²) in [4.78, 5) is 13.0. The van der Waals surface area contributed by atoms with E-state index >= 15 is 0 Å². The molecule has 1 aliphatic rings. The molecule has 2 aromatic rings. The van der Waals surface area contributed by atoms with Gasteiger partial charge in [-0.15, -0.1) is 0 Å². The van der Waals surface area contributed by atoms with Crippen molar-refractivity contribution in [3.63, 3.8) is 0 Å². The summed E-state index contributed by atoms with van der Waals surface area (Å²) in [5.41, 5.74) is 2.29. The number of aryl methyl sites for hydroxylation is 2. The molecule has 1 aliphatic heterocycles. The largest absolute Gasteiger partial charge is 0.496 e. The number of methoxy groups -OCH3 is 1. The maximum Gasteiger partial charge on any atom is 0.243 e. The van der Waals surface area contributed by atoms with Crippen LogP contribution in [0.5, 0.6) is 5.75 Å². The lowest BCUT2D eigenvalue weighted by Crippen LogP contribution is -2.43. The van der Waals surface area contributed by atoms with Crippen molar-refractivity contribution < 1.29 is 17.9 Å². The summed E-state index contributed by atoms with van der Waals surface area (Å²) in [6.45, 7) is 4.24. The first-order valence-electron chi connectivity index (χ1n) is 9.44. The summed E-state index contributed by atoms with van der Waals surface area (Å²) in [6, 6.07) is 10.1. The summed E-state index contributed by atoms with van der Waals surface area (Å²) in [6.07, 6.45) is 1.26. The number of halogens is 1. The molecule has 0 bridgehead atoms. The number of sulfonamides is 1. The lowest BCUT2D eigenvalue weighted by atomic mass is 9.98. The normalized spacial score (nSPS) is 17.7. The molecule has 1 amide bonds. The average molecular weight is 437 g/mol. The number of amides is 1. The van der Waals surface area contributed by atoms with E-state index in [1.54, 1.807) is 44.4 Å². The third-order valence-corrected chi connectivity index (χ3v) is 7.31. The fourth-order valence-electron chi connectivity index (χ4n) is 3.50. The van der Waals surface area contributed by atoms with E-state index in [0.29, 0.717) is 35.8 Å². The number of ether oxygens (including phenoxy) is 1. The average Bonchev–Trinajstić information content (AvgIpc) is 2.70. The van der Waals surface area contributed by atoms with Crippen LogP contribution in [0.25, 0.3) is 0 Å². The quantitative estimate of drug-likeness (QED) is 0.768. The summed E-state index contributed by atoms with van der Waals surface area (Å²) < 4.78 is 32.8. The monoisotopic (exact) mass is 436 g/mol. The fourth-order valence-corrected chi connectivity index (χ4v) is 5.28. The van der Waals surface area contributed by atoms with Gasteiger partial charge in [0.05, 0.1) is 17.9 Å². The van der Waals surface area contributed by atoms with Crippen molar-refractivity contribution in [3.8, 4) is 5.75 Å². The van der Waals surface area contributed by atoms with Crippen molar-refractivity contribution in [3.05, 3.63) is 52.5 Å². The predicted molar refractivity (Wildman–Crippen MR) is 114 cm³/mol. The van der Waals surface area contributed by atoms with Gasteiger partial charge < -0.3 is 10.1 Å². The van der Waals surface area contributed by atoms with E-state index < -0.39 is 15.9 Å². The number of nitrogens with one attached hydrogen (secondary N) is 1. The molecule has 1 N–H and O–H groups in total. The minimum Gasteiger partial charge on any atom is -0.496 e. The van der Waals surface area contributed by atoms with Crippen LogP contribution in [-0.4, -0.2) is 38.8 Å². The van der Waals surface area contributed by atoms with Crippen LogP contribution in [0.15, 0.2) is 41.3 Å². The molecule has 29 heavy (non-hydrogen) atoms. The third-order valence-electron chi connectivity index (χ3n) is 5.22. The molecular weight excluding hydrogens is 412 g/mol. The van der Waals surface area contributed by atoms with Crippen molar-refractivity contribution in [2.75, 3.05) is 25.5 Å². The second-order valence-electron chi connectivity index (χ2n) is 7.28. The van der Waals surface area contributed by atoms with Crippen molar-refractivity contribution in [2.45, 2.75) is 31.6 Å². The third kappa shape index (κ3) is 4.74. The number of nitrogens with zero attached hydrogens (tertiary/aromatic N) is 1. The molecule has 0 aromatic heterocycles. The molecule has 1 fully saturated rings. The van der Waals surface area contributed by atoms with Crippen molar-refractivity contribution in [2.24, 2.45) is 5.92 Å². The van der Waals surface area contributed by atoms with Crippen LogP contribution in [0.1, 0.15) is 24.0 Å². The van der Waals surface area contributed by atoms with Gasteiger partial charge in [-0.05, 0) is 68.1 Å². The minimum atomic E-state index is -3.69. The zero-order valence-corrected chi connectivity index (χ0v) is 18.3. The summed E-state index contributed by atoms with van der Waals surface area (Å²) in [5, 5.41) is 3.43. The Labute approximate surface area is 176 Å². The molecule has 3 rings (SSSR count). The number of benzene rings is 2. The first-order chi connectivity index (χ1) is 13.7. The van der Waals surface area contributed by atoms with Crippen molar-refractivity contribution in [1.29, 1.82) is 0 Å². The molecular formula is C21H25ClN2O4S. The Bertz CT molecular complexity index is 1020. The van der Waals surface area contributed by atoms with Crippen LogP contribution in [0, 0.1) is 19.8 Å². The highest BCUT2D eigenvalue weighted by Crippen LogP contribution is 2.28. The summed E-state index contributed by atoms with van der Waals surface area (Å²) >= 11 is 6.02. The standard InChI is InChI=1S/C21H25ClN2O4S/c1-14-6-7-17(22)12-19(14)23-21(25)16-5-4-10-24(13-16)29(26,27)18-8-9-20(28-3)15(2)11-18/h6-9,11-12,16H,4-5,10,13H2,1-3H3,(H,23,25)/t16-/m0/s1. The van der Waals surface area contributed by atoms with Crippen LogP contribution in [0.4, 0.5) is 5.69 Å². The van der Waals surface area contributed by atoms with Gasteiger partial charge in [-0.25, -0.2) is 8.42 Å². The first-order valence-corrected chi connectivity index (χ1v) is 11.3. The van der Waals surface area contributed by atoms with Crippen LogP contribution in [0.2, 0.25) is 5.02 Å². The van der Waals surface area contributed by atoms with E-state index in [4.69, 9.17) is 16.3 Å². The lowest BCUT2D eigenvalue weighted by molar-refractivity contribution is -0.120. The highest BCUT2D eigenvalue weighted by molar-refractivity contribution is 7.89. The Kier molecular flexibility index (Phi) is 6.51. The highest BCUT2D eigenvalue weighted by Gasteiger charge is 2.33. The van der Waals surface area contributed by atoms with Crippen LogP contribution < -0.4 is 10.1 Å². The van der Waals surface area contributed by atoms with Crippen LogP contribution in [-0.2, 0) is 14.8 Å². The van der Waals surface area contributed by atoms with E-state index in [1.165, 1.54) is 4.31 Å². The van der Waals surface area contributed by atoms with E-state index in [1.807, 2.05) is 13.0 Å². The molecule has 8 heteroatoms. The molecule has 1 heterocycles. The van der Waals surface area contributed by atoms with Gasteiger partial charge in [0, 0.05) is 23.8 Å².